The number of ketones is 1. The molecule has 8 nitrogen and oxygen atoms in total. The summed E-state index contributed by atoms with van der Waals surface area (Å²) in [6, 6.07) is 0.312. The summed E-state index contributed by atoms with van der Waals surface area (Å²) in [6.45, 7) is 3.68. The fourth-order valence-electron chi connectivity index (χ4n) is 5.60. The third kappa shape index (κ3) is 6.39. The molecular formula is C27H29Cl2F4N3O5. The number of rotatable bonds is 8. The normalized spacial score (nSPS) is 25.6. The molecule has 1 amide bonds. The van der Waals surface area contributed by atoms with Crippen LogP contribution in [0.25, 0.3) is 0 Å². The summed E-state index contributed by atoms with van der Waals surface area (Å²) in [5.41, 5.74) is -3.35. The Morgan fingerprint density at radius 3 is 2.44 bits per heavy atom. The van der Waals surface area contributed by atoms with E-state index in [0.29, 0.717) is 13.0 Å². The van der Waals surface area contributed by atoms with Crippen LogP contribution in [-0.4, -0.2) is 51.3 Å². The van der Waals surface area contributed by atoms with Gasteiger partial charge in [0.05, 0.1) is 51.0 Å². The van der Waals surface area contributed by atoms with Crippen molar-refractivity contribution in [2.75, 3.05) is 6.61 Å². The minimum Gasteiger partial charge on any atom is -0.481 e. The number of Topliss-reactive ketones (excluding diaryl/α,β-unsaturated/α-hetero) is 1. The average Bonchev–Trinajstić information content (AvgIpc) is 3.53. The Kier molecular flexibility index (Phi) is 9.06. The van der Waals surface area contributed by atoms with E-state index < -0.39 is 76.0 Å². The molecule has 1 unspecified atom stereocenters. The number of halogens is 6. The maximum absolute atomic E-state index is 14.3. The first-order valence-corrected chi connectivity index (χ1v) is 13.9. The summed E-state index contributed by atoms with van der Waals surface area (Å²) in [5, 5.41) is 15.3. The van der Waals surface area contributed by atoms with Gasteiger partial charge in [-0.3, -0.25) is 19.1 Å². The molecule has 1 saturated carbocycles. The van der Waals surface area contributed by atoms with Crippen molar-refractivity contribution in [3.05, 3.63) is 51.0 Å². The molecule has 4 rings (SSSR count). The molecule has 0 radical (unpaired) electrons. The van der Waals surface area contributed by atoms with Gasteiger partial charge in [0.15, 0.2) is 11.5 Å². The number of nitrogens with zero attached hydrogens (tertiary/aromatic N) is 2. The highest BCUT2D eigenvalue weighted by Gasteiger charge is 2.45. The van der Waals surface area contributed by atoms with Gasteiger partial charge in [0.25, 0.3) is 5.91 Å². The highest BCUT2D eigenvalue weighted by molar-refractivity contribution is 6.39. The third-order valence-electron chi connectivity index (χ3n) is 8.11. The zero-order valence-electron chi connectivity index (χ0n) is 22.2. The third-order valence-corrected chi connectivity index (χ3v) is 8.80. The standard InChI is InChI=1S/C27H29Cl2F4N3O5/c1-13-7-10-41-22(13)18(11-19(37)20-16(28)3-4-17(30)21(20)29)35-24(38)15-12-34-36(23(15)27(31,32)33)14-5-8-26(2,9-6-14)25(39)40/h3-4,12-14,18,22H,5-11H2,1-2H3,(H,35,38)(H,39,40)/t13-,14?,18?,22-,26?/m0/s1. The zero-order valence-corrected chi connectivity index (χ0v) is 23.7. The first-order valence-electron chi connectivity index (χ1n) is 13.1. The number of nitrogens with one attached hydrogen (secondary N) is 1. The Labute approximate surface area is 243 Å². The molecule has 1 aliphatic carbocycles. The minimum absolute atomic E-state index is 0.112. The van der Waals surface area contributed by atoms with Crippen molar-refractivity contribution in [3.8, 4) is 0 Å². The van der Waals surface area contributed by atoms with Gasteiger partial charge in [-0.25, -0.2) is 4.39 Å². The smallest absolute Gasteiger partial charge is 0.433 e. The number of carboxylic acid groups (broad SMARTS) is 1. The van der Waals surface area contributed by atoms with Gasteiger partial charge in [-0.05, 0) is 57.1 Å². The monoisotopic (exact) mass is 621 g/mol. The number of carbonyl (C=O) groups is 3. The van der Waals surface area contributed by atoms with E-state index in [1.807, 2.05) is 6.92 Å². The van der Waals surface area contributed by atoms with Crippen LogP contribution in [0, 0.1) is 17.2 Å². The lowest BCUT2D eigenvalue weighted by molar-refractivity contribution is -0.152. The van der Waals surface area contributed by atoms with E-state index in [0.717, 1.165) is 23.0 Å². The molecule has 0 spiro atoms. The fraction of sp³-hybridized carbons (Fsp3) is 0.556. The predicted octanol–water partition coefficient (Wildman–Crippen LogP) is 6.35. The van der Waals surface area contributed by atoms with Crippen LogP contribution in [0.15, 0.2) is 18.3 Å². The molecule has 0 bridgehead atoms. The van der Waals surface area contributed by atoms with Crippen molar-refractivity contribution in [1.82, 2.24) is 15.1 Å². The maximum Gasteiger partial charge on any atom is 0.433 e. The summed E-state index contributed by atoms with van der Waals surface area (Å²) in [4.78, 5) is 38.1. The van der Waals surface area contributed by atoms with Gasteiger partial charge in [0.1, 0.15) is 5.82 Å². The van der Waals surface area contributed by atoms with Crippen molar-refractivity contribution < 1.29 is 41.8 Å². The van der Waals surface area contributed by atoms with Crippen LogP contribution in [0.1, 0.15) is 84.8 Å². The maximum atomic E-state index is 14.3. The molecule has 1 aromatic carbocycles. The molecule has 2 N–H and O–H groups in total. The van der Waals surface area contributed by atoms with E-state index >= 15 is 0 Å². The molecule has 2 fully saturated rings. The molecule has 2 heterocycles. The lowest BCUT2D eigenvalue weighted by Gasteiger charge is -2.34. The summed E-state index contributed by atoms with van der Waals surface area (Å²) in [6.07, 6.45) is -4.16. The number of ether oxygens (including phenoxy) is 1. The lowest BCUT2D eigenvalue weighted by atomic mass is 9.74. The van der Waals surface area contributed by atoms with E-state index in [9.17, 15) is 37.1 Å². The number of alkyl halides is 3. The van der Waals surface area contributed by atoms with Crippen molar-refractivity contribution in [2.45, 2.75) is 76.7 Å². The molecule has 1 saturated heterocycles. The van der Waals surface area contributed by atoms with Crippen molar-refractivity contribution >= 4 is 40.9 Å². The second kappa shape index (κ2) is 11.9. The molecule has 14 heteroatoms. The molecule has 3 atom stereocenters. The summed E-state index contributed by atoms with van der Waals surface area (Å²) in [7, 11) is 0. The van der Waals surface area contributed by atoms with E-state index in [4.69, 9.17) is 27.9 Å². The number of aliphatic carboxylic acids is 1. The largest absolute Gasteiger partial charge is 0.481 e. The van der Waals surface area contributed by atoms with Crippen molar-refractivity contribution in [2.24, 2.45) is 11.3 Å². The van der Waals surface area contributed by atoms with Crippen LogP contribution in [0.2, 0.25) is 10.0 Å². The Morgan fingerprint density at radius 2 is 1.88 bits per heavy atom. The number of aromatic nitrogens is 2. The molecule has 1 aromatic heterocycles. The van der Waals surface area contributed by atoms with E-state index in [2.05, 4.69) is 10.4 Å². The second-order valence-electron chi connectivity index (χ2n) is 11.0. The van der Waals surface area contributed by atoms with Gasteiger partial charge >= 0.3 is 12.1 Å². The molecule has 41 heavy (non-hydrogen) atoms. The van der Waals surface area contributed by atoms with Gasteiger partial charge in [-0.1, -0.05) is 30.1 Å². The molecule has 1 aliphatic heterocycles. The number of hydrogen-bond acceptors (Lipinski definition) is 5. The number of amides is 1. The van der Waals surface area contributed by atoms with Gasteiger partial charge in [0.2, 0.25) is 0 Å². The SMILES string of the molecule is C[C@H]1CCO[C@@H]1C(CC(=O)c1c(Cl)ccc(F)c1Cl)NC(=O)c1cnn(C2CCC(C)(C(=O)O)CC2)c1C(F)(F)F. The quantitative estimate of drug-likeness (QED) is 0.202. The molecule has 2 aliphatic rings. The van der Waals surface area contributed by atoms with E-state index in [-0.39, 0.29) is 42.2 Å². The predicted molar refractivity (Wildman–Crippen MR) is 141 cm³/mol. The Bertz CT molecular complexity index is 1340. The summed E-state index contributed by atoms with van der Waals surface area (Å²) >= 11 is 12.1. The summed E-state index contributed by atoms with van der Waals surface area (Å²) in [5.74, 6) is -3.88. The highest BCUT2D eigenvalue weighted by Crippen LogP contribution is 2.43. The van der Waals surface area contributed by atoms with E-state index in [1.54, 1.807) is 6.92 Å². The number of hydrogen-bond donors (Lipinski definition) is 2. The zero-order chi connectivity index (χ0) is 30.3. The van der Waals surface area contributed by atoms with Crippen LogP contribution in [0.4, 0.5) is 17.6 Å². The summed E-state index contributed by atoms with van der Waals surface area (Å²) < 4.78 is 63.5. The molecular weight excluding hydrogens is 593 g/mol. The number of carbonyl (C=O) groups excluding carboxylic acids is 2. The van der Waals surface area contributed by atoms with Gasteiger partial charge in [0, 0.05) is 13.0 Å². The average molecular weight is 622 g/mol. The Hall–Kier alpha value is -2.70. The van der Waals surface area contributed by atoms with Crippen LogP contribution in [-0.2, 0) is 15.7 Å². The first-order chi connectivity index (χ1) is 19.1. The fourth-order valence-corrected chi connectivity index (χ4v) is 6.18. The number of benzene rings is 1. The van der Waals surface area contributed by atoms with Crippen molar-refractivity contribution in [3.63, 3.8) is 0 Å². The number of carboxylic acids is 1. The molecule has 2 aromatic rings. The van der Waals surface area contributed by atoms with Gasteiger partial charge < -0.3 is 15.2 Å². The van der Waals surface area contributed by atoms with Crippen molar-refractivity contribution in [1.29, 1.82) is 0 Å². The first kappa shape index (κ1) is 31.2. The van der Waals surface area contributed by atoms with Gasteiger partial charge in [-0.2, -0.15) is 18.3 Å². The lowest BCUT2D eigenvalue weighted by Crippen LogP contribution is -2.47. The van der Waals surface area contributed by atoms with Crippen LogP contribution in [0.3, 0.4) is 0 Å². The Morgan fingerprint density at radius 1 is 1.22 bits per heavy atom. The van der Waals surface area contributed by atoms with E-state index in [1.165, 1.54) is 0 Å². The molecule has 224 valence electrons. The van der Waals surface area contributed by atoms with Crippen LogP contribution in [0.5, 0.6) is 0 Å². The highest BCUT2D eigenvalue weighted by atomic mass is 35.5. The van der Waals surface area contributed by atoms with Gasteiger partial charge in [-0.15, -0.1) is 0 Å². The topological polar surface area (TPSA) is 111 Å². The van der Waals surface area contributed by atoms with Crippen LogP contribution < -0.4 is 5.32 Å². The minimum atomic E-state index is -4.96. The Balaban J connectivity index is 1.62. The van der Waals surface area contributed by atoms with Crippen LogP contribution >= 0.6 is 23.2 Å². The second-order valence-corrected chi connectivity index (χ2v) is 11.8.